The predicted octanol–water partition coefficient (Wildman–Crippen LogP) is 2.07. The van der Waals surface area contributed by atoms with Crippen molar-refractivity contribution < 1.29 is 23.5 Å². The number of para-hydroxylation sites is 2. The number of aromatic nitrogens is 1. The van der Waals surface area contributed by atoms with Gasteiger partial charge in [-0.05, 0) is 31.9 Å². The van der Waals surface area contributed by atoms with Crippen LogP contribution in [0, 0.1) is 0 Å². The van der Waals surface area contributed by atoms with E-state index in [9.17, 15) is 19.2 Å². The Morgan fingerprint density at radius 3 is 2.69 bits per heavy atom. The predicted molar refractivity (Wildman–Crippen MR) is 104 cm³/mol. The standard InChI is InChI=1S/C20H25N3O6/c1-13(18(25)22-19(26)21-14-7-3-2-4-8-14)28-17(24)11-12-23-15-9-5-6-10-16(15)29-20(23)27/h5-6,9-10,13-14H,2-4,7-8,11-12H2,1H3,(H2,21,22,25,26)/t13-/m0/s1. The van der Waals surface area contributed by atoms with Crippen molar-refractivity contribution in [2.75, 3.05) is 0 Å². The molecule has 1 heterocycles. The SMILES string of the molecule is C[C@H](OC(=O)CCn1c(=O)oc2ccccc21)C(=O)NC(=O)NC1CCCCC1. The highest BCUT2D eigenvalue weighted by Crippen LogP contribution is 2.17. The molecular weight excluding hydrogens is 378 g/mol. The van der Waals surface area contributed by atoms with Crippen LogP contribution in [0.5, 0.6) is 0 Å². The Labute approximate surface area is 167 Å². The zero-order valence-corrected chi connectivity index (χ0v) is 16.3. The van der Waals surface area contributed by atoms with E-state index in [4.69, 9.17) is 9.15 Å². The molecular formula is C20H25N3O6. The number of rotatable bonds is 6. The zero-order valence-electron chi connectivity index (χ0n) is 16.3. The number of nitrogens with one attached hydrogen (secondary N) is 2. The second-order valence-electron chi connectivity index (χ2n) is 7.17. The zero-order chi connectivity index (χ0) is 20.8. The topological polar surface area (TPSA) is 120 Å². The van der Waals surface area contributed by atoms with E-state index in [0.29, 0.717) is 11.1 Å². The first-order chi connectivity index (χ1) is 13.9. The van der Waals surface area contributed by atoms with Gasteiger partial charge in [-0.1, -0.05) is 31.4 Å². The second kappa shape index (κ2) is 9.40. The van der Waals surface area contributed by atoms with Gasteiger partial charge in [-0.15, -0.1) is 0 Å². The van der Waals surface area contributed by atoms with Crippen LogP contribution in [0.2, 0.25) is 0 Å². The van der Waals surface area contributed by atoms with Crippen molar-refractivity contribution in [3.05, 3.63) is 34.8 Å². The summed E-state index contributed by atoms with van der Waals surface area (Å²) in [5.74, 6) is -1.92. The van der Waals surface area contributed by atoms with E-state index in [1.165, 1.54) is 11.5 Å². The van der Waals surface area contributed by atoms with E-state index in [1.807, 2.05) is 0 Å². The molecule has 1 aromatic heterocycles. The number of hydrogen-bond acceptors (Lipinski definition) is 6. The summed E-state index contributed by atoms with van der Waals surface area (Å²) in [6.07, 6.45) is 3.83. The van der Waals surface area contributed by atoms with E-state index in [-0.39, 0.29) is 19.0 Å². The molecule has 9 nitrogen and oxygen atoms in total. The van der Waals surface area contributed by atoms with Crippen molar-refractivity contribution in [3.8, 4) is 0 Å². The highest BCUT2D eigenvalue weighted by atomic mass is 16.5. The lowest BCUT2D eigenvalue weighted by atomic mass is 9.96. The maximum absolute atomic E-state index is 12.1. The number of esters is 1. The molecule has 3 rings (SSSR count). The van der Waals surface area contributed by atoms with Gasteiger partial charge in [0.1, 0.15) is 0 Å². The average molecular weight is 403 g/mol. The molecule has 1 aliphatic carbocycles. The fourth-order valence-electron chi connectivity index (χ4n) is 3.42. The Hall–Kier alpha value is -3.10. The minimum atomic E-state index is -1.13. The van der Waals surface area contributed by atoms with Crippen LogP contribution in [-0.2, 0) is 20.9 Å². The largest absolute Gasteiger partial charge is 0.452 e. The minimum Gasteiger partial charge on any atom is -0.452 e. The molecule has 3 amide bonds. The van der Waals surface area contributed by atoms with Crippen LogP contribution in [0.15, 0.2) is 33.5 Å². The van der Waals surface area contributed by atoms with E-state index in [2.05, 4.69) is 10.6 Å². The van der Waals surface area contributed by atoms with Crippen molar-refractivity contribution in [1.29, 1.82) is 0 Å². The van der Waals surface area contributed by atoms with Gasteiger partial charge >= 0.3 is 17.8 Å². The molecule has 0 spiro atoms. The first kappa shape index (κ1) is 20.6. The summed E-state index contributed by atoms with van der Waals surface area (Å²) >= 11 is 0. The molecule has 9 heteroatoms. The van der Waals surface area contributed by atoms with Gasteiger partial charge in [0.05, 0.1) is 11.9 Å². The number of nitrogens with zero attached hydrogens (tertiary/aromatic N) is 1. The Morgan fingerprint density at radius 2 is 1.93 bits per heavy atom. The smallest absolute Gasteiger partial charge is 0.419 e. The molecule has 0 saturated heterocycles. The van der Waals surface area contributed by atoms with Crippen LogP contribution < -0.4 is 16.4 Å². The maximum Gasteiger partial charge on any atom is 0.419 e. The number of hydrogen-bond donors (Lipinski definition) is 2. The van der Waals surface area contributed by atoms with Gasteiger partial charge < -0.3 is 14.5 Å². The summed E-state index contributed by atoms with van der Waals surface area (Å²) in [5, 5.41) is 4.96. The Balaban J connectivity index is 1.45. The molecule has 29 heavy (non-hydrogen) atoms. The third-order valence-corrected chi connectivity index (χ3v) is 4.97. The van der Waals surface area contributed by atoms with Gasteiger partial charge in [-0.25, -0.2) is 9.59 Å². The highest BCUT2D eigenvalue weighted by Gasteiger charge is 2.22. The normalized spacial score (nSPS) is 15.6. The number of oxazole rings is 1. The van der Waals surface area contributed by atoms with E-state index in [1.54, 1.807) is 24.3 Å². The van der Waals surface area contributed by atoms with Gasteiger partial charge in [-0.3, -0.25) is 19.5 Å². The van der Waals surface area contributed by atoms with Gasteiger partial charge in [-0.2, -0.15) is 0 Å². The second-order valence-corrected chi connectivity index (χ2v) is 7.17. The number of ether oxygens (including phenoxy) is 1. The van der Waals surface area contributed by atoms with Gasteiger partial charge in [0, 0.05) is 12.6 Å². The van der Waals surface area contributed by atoms with Crippen molar-refractivity contribution in [1.82, 2.24) is 15.2 Å². The van der Waals surface area contributed by atoms with Crippen LogP contribution in [-0.4, -0.2) is 34.6 Å². The molecule has 0 bridgehead atoms. The third-order valence-electron chi connectivity index (χ3n) is 4.97. The van der Waals surface area contributed by atoms with E-state index >= 15 is 0 Å². The fourth-order valence-corrected chi connectivity index (χ4v) is 3.42. The molecule has 2 aromatic rings. The summed E-state index contributed by atoms with van der Waals surface area (Å²) in [5.41, 5.74) is 1.01. The molecule has 1 saturated carbocycles. The summed E-state index contributed by atoms with van der Waals surface area (Å²) in [6, 6.07) is 6.37. The van der Waals surface area contributed by atoms with Crippen molar-refractivity contribution >= 4 is 29.0 Å². The van der Waals surface area contributed by atoms with Crippen LogP contribution in [0.4, 0.5) is 4.79 Å². The number of carbonyl (C=O) groups excluding carboxylic acids is 3. The van der Waals surface area contributed by atoms with Crippen LogP contribution >= 0.6 is 0 Å². The number of amides is 3. The third kappa shape index (κ3) is 5.46. The molecule has 0 aliphatic heterocycles. The van der Waals surface area contributed by atoms with Crippen molar-refractivity contribution in [2.45, 2.75) is 64.1 Å². The van der Waals surface area contributed by atoms with Gasteiger partial charge in [0.2, 0.25) is 0 Å². The highest BCUT2D eigenvalue weighted by molar-refractivity contribution is 5.97. The lowest BCUT2D eigenvalue weighted by Gasteiger charge is -2.23. The van der Waals surface area contributed by atoms with E-state index in [0.717, 1.165) is 32.1 Å². The van der Waals surface area contributed by atoms with Gasteiger partial charge in [0.25, 0.3) is 5.91 Å². The number of imide groups is 1. The van der Waals surface area contributed by atoms with Crippen LogP contribution in [0.1, 0.15) is 45.4 Å². The monoisotopic (exact) mass is 403 g/mol. The number of carbonyl (C=O) groups is 3. The summed E-state index contributed by atoms with van der Waals surface area (Å²) < 4.78 is 11.5. The molecule has 0 unspecified atom stereocenters. The number of fused-ring (bicyclic) bond motifs is 1. The first-order valence-corrected chi connectivity index (χ1v) is 9.83. The summed E-state index contributed by atoms with van der Waals surface area (Å²) in [6.45, 7) is 1.45. The number of aryl methyl sites for hydroxylation is 1. The Bertz CT molecular complexity index is 941. The first-order valence-electron chi connectivity index (χ1n) is 9.83. The van der Waals surface area contributed by atoms with Gasteiger partial charge in [0.15, 0.2) is 11.7 Å². The molecule has 0 radical (unpaired) electrons. The van der Waals surface area contributed by atoms with Crippen molar-refractivity contribution in [2.24, 2.45) is 0 Å². The lowest BCUT2D eigenvalue weighted by molar-refractivity contribution is -0.154. The average Bonchev–Trinajstić information content (AvgIpc) is 3.02. The fraction of sp³-hybridized carbons (Fsp3) is 0.500. The molecule has 1 fully saturated rings. The molecule has 1 atom stereocenters. The minimum absolute atomic E-state index is 0.0607. The van der Waals surface area contributed by atoms with Crippen LogP contribution in [0.3, 0.4) is 0 Å². The lowest BCUT2D eigenvalue weighted by Crippen LogP contribution is -2.48. The maximum atomic E-state index is 12.1. The summed E-state index contributed by atoms with van der Waals surface area (Å²) in [7, 11) is 0. The van der Waals surface area contributed by atoms with Crippen LogP contribution in [0.25, 0.3) is 11.1 Å². The Kier molecular flexibility index (Phi) is 6.69. The molecule has 156 valence electrons. The number of benzene rings is 1. The van der Waals surface area contributed by atoms with Crippen molar-refractivity contribution in [3.63, 3.8) is 0 Å². The quantitative estimate of drug-likeness (QED) is 0.713. The molecule has 1 aromatic carbocycles. The number of urea groups is 1. The molecule has 1 aliphatic rings. The van der Waals surface area contributed by atoms with E-state index < -0.39 is 29.8 Å². The molecule has 2 N–H and O–H groups in total. The summed E-state index contributed by atoms with van der Waals surface area (Å²) in [4.78, 5) is 48.0. The Morgan fingerprint density at radius 1 is 1.21 bits per heavy atom.